The van der Waals surface area contributed by atoms with Gasteiger partial charge in [0.25, 0.3) is 0 Å². The van der Waals surface area contributed by atoms with Crippen LogP contribution in [0.1, 0.15) is 13.8 Å². The highest BCUT2D eigenvalue weighted by Gasteiger charge is 2.13. The molecule has 0 amide bonds. The van der Waals surface area contributed by atoms with Crippen molar-refractivity contribution in [3.05, 3.63) is 41.4 Å². The Labute approximate surface area is 121 Å². The number of hydrogen-bond donors (Lipinski definition) is 0. The zero-order valence-electron chi connectivity index (χ0n) is 11.1. The standard InChI is InChI=1S/C14H13ClN4O/c1-9(2)20-13-8-7-12-16-17-14(19(12)18-13)10-5-3-4-6-11(10)15/h3-9H,1-2H3. The summed E-state index contributed by atoms with van der Waals surface area (Å²) >= 11 is 6.20. The zero-order chi connectivity index (χ0) is 14.1. The van der Waals surface area contributed by atoms with Gasteiger partial charge in [0.2, 0.25) is 5.88 Å². The van der Waals surface area contributed by atoms with Crippen LogP contribution in [0.4, 0.5) is 0 Å². The Hall–Kier alpha value is -2.14. The van der Waals surface area contributed by atoms with Gasteiger partial charge in [-0.05, 0) is 32.0 Å². The van der Waals surface area contributed by atoms with E-state index in [9.17, 15) is 0 Å². The SMILES string of the molecule is CC(C)Oc1ccc2nnc(-c3ccccc3Cl)n2n1. The van der Waals surface area contributed by atoms with Gasteiger partial charge in [-0.1, -0.05) is 23.7 Å². The van der Waals surface area contributed by atoms with Crippen molar-refractivity contribution in [3.8, 4) is 17.3 Å². The fourth-order valence-electron chi connectivity index (χ4n) is 1.89. The Bertz CT molecular complexity index is 754. The zero-order valence-corrected chi connectivity index (χ0v) is 11.9. The number of benzene rings is 1. The molecule has 0 N–H and O–H groups in total. The summed E-state index contributed by atoms with van der Waals surface area (Å²) in [6.45, 7) is 3.90. The Morgan fingerprint density at radius 3 is 2.65 bits per heavy atom. The summed E-state index contributed by atoms with van der Waals surface area (Å²) in [6.07, 6.45) is 0.0557. The second-order valence-corrected chi connectivity index (χ2v) is 5.02. The number of fused-ring (bicyclic) bond motifs is 1. The molecule has 6 heteroatoms. The molecule has 0 saturated heterocycles. The molecule has 2 heterocycles. The van der Waals surface area contributed by atoms with Crippen molar-refractivity contribution in [1.82, 2.24) is 19.8 Å². The summed E-state index contributed by atoms with van der Waals surface area (Å²) in [5.41, 5.74) is 1.44. The number of rotatable bonds is 3. The molecule has 3 rings (SSSR count). The number of halogens is 1. The van der Waals surface area contributed by atoms with Crippen LogP contribution < -0.4 is 4.74 Å². The van der Waals surface area contributed by atoms with Crippen molar-refractivity contribution in [2.75, 3.05) is 0 Å². The van der Waals surface area contributed by atoms with Crippen molar-refractivity contribution >= 4 is 17.2 Å². The second-order valence-electron chi connectivity index (χ2n) is 4.61. The first-order valence-corrected chi connectivity index (χ1v) is 6.67. The van der Waals surface area contributed by atoms with Gasteiger partial charge in [0.05, 0.1) is 11.1 Å². The van der Waals surface area contributed by atoms with Crippen molar-refractivity contribution < 1.29 is 4.74 Å². The minimum Gasteiger partial charge on any atom is -0.474 e. The Morgan fingerprint density at radius 1 is 1.10 bits per heavy atom. The number of aromatic nitrogens is 4. The molecule has 0 bridgehead atoms. The van der Waals surface area contributed by atoms with Gasteiger partial charge in [-0.3, -0.25) is 0 Å². The molecule has 0 aliphatic rings. The molecular weight excluding hydrogens is 276 g/mol. The topological polar surface area (TPSA) is 52.3 Å². The highest BCUT2D eigenvalue weighted by atomic mass is 35.5. The summed E-state index contributed by atoms with van der Waals surface area (Å²) in [6, 6.07) is 11.1. The number of hydrogen-bond acceptors (Lipinski definition) is 4. The number of ether oxygens (including phenoxy) is 1. The maximum atomic E-state index is 6.20. The lowest BCUT2D eigenvalue weighted by molar-refractivity contribution is 0.229. The molecule has 0 aliphatic carbocycles. The largest absolute Gasteiger partial charge is 0.474 e. The van der Waals surface area contributed by atoms with Crippen LogP contribution >= 0.6 is 11.6 Å². The van der Waals surface area contributed by atoms with E-state index in [1.54, 1.807) is 10.6 Å². The molecule has 0 fully saturated rings. The van der Waals surface area contributed by atoms with E-state index in [-0.39, 0.29) is 6.10 Å². The highest BCUT2D eigenvalue weighted by molar-refractivity contribution is 6.33. The first kappa shape index (κ1) is 12.9. The summed E-state index contributed by atoms with van der Waals surface area (Å²) in [5.74, 6) is 1.13. The summed E-state index contributed by atoms with van der Waals surface area (Å²) in [7, 11) is 0. The molecule has 0 atom stereocenters. The van der Waals surface area contributed by atoms with Crippen LogP contribution in [0.5, 0.6) is 5.88 Å². The van der Waals surface area contributed by atoms with Crippen LogP contribution in [-0.2, 0) is 0 Å². The average molecular weight is 289 g/mol. The van der Waals surface area contributed by atoms with Crippen molar-refractivity contribution in [1.29, 1.82) is 0 Å². The fourth-order valence-corrected chi connectivity index (χ4v) is 2.11. The third-order valence-corrected chi connectivity index (χ3v) is 3.04. The molecule has 0 saturated carbocycles. The lowest BCUT2D eigenvalue weighted by atomic mass is 10.2. The molecule has 2 aromatic heterocycles. The van der Waals surface area contributed by atoms with Gasteiger partial charge in [-0.15, -0.1) is 15.3 Å². The van der Waals surface area contributed by atoms with E-state index in [1.165, 1.54) is 0 Å². The van der Waals surface area contributed by atoms with Crippen LogP contribution in [0.3, 0.4) is 0 Å². The lowest BCUT2D eigenvalue weighted by Gasteiger charge is -2.08. The molecule has 0 spiro atoms. The van der Waals surface area contributed by atoms with E-state index in [4.69, 9.17) is 16.3 Å². The minimum absolute atomic E-state index is 0.0557. The first-order valence-electron chi connectivity index (χ1n) is 6.29. The average Bonchev–Trinajstić information content (AvgIpc) is 2.81. The van der Waals surface area contributed by atoms with Crippen LogP contribution in [0, 0.1) is 0 Å². The molecular formula is C14H13ClN4O. The van der Waals surface area contributed by atoms with Gasteiger partial charge in [0, 0.05) is 11.6 Å². The van der Waals surface area contributed by atoms with Crippen LogP contribution in [0.25, 0.3) is 17.0 Å². The smallest absolute Gasteiger partial charge is 0.232 e. The van der Waals surface area contributed by atoms with E-state index in [1.807, 2.05) is 44.2 Å². The molecule has 5 nitrogen and oxygen atoms in total. The lowest BCUT2D eigenvalue weighted by Crippen LogP contribution is -2.08. The number of nitrogens with zero attached hydrogens (tertiary/aromatic N) is 4. The maximum absolute atomic E-state index is 6.20. The molecule has 1 aromatic carbocycles. The van der Waals surface area contributed by atoms with Gasteiger partial charge >= 0.3 is 0 Å². The van der Waals surface area contributed by atoms with Gasteiger partial charge in [-0.2, -0.15) is 4.52 Å². The van der Waals surface area contributed by atoms with Crippen molar-refractivity contribution in [2.24, 2.45) is 0 Å². The highest BCUT2D eigenvalue weighted by Crippen LogP contribution is 2.26. The van der Waals surface area contributed by atoms with Gasteiger partial charge < -0.3 is 4.74 Å². The third kappa shape index (κ3) is 2.32. The fraction of sp³-hybridized carbons (Fsp3) is 0.214. The summed E-state index contributed by atoms with van der Waals surface area (Å²) < 4.78 is 7.23. The quantitative estimate of drug-likeness (QED) is 0.742. The van der Waals surface area contributed by atoms with E-state index >= 15 is 0 Å². The van der Waals surface area contributed by atoms with Crippen LogP contribution in [0.2, 0.25) is 5.02 Å². The van der Waals surface area contributed by atoms with Crippen LogP contribution in [-0.4, -0.2) is 25.9 Å². The molecule has 3 aromatic rings. The molecule has 0 unspecified atom stereocenters. The van der Waals surface area contributed by atoms with Crippen LogP contribution in [0.15, 0.2) is 36.4 Å². The van der Waals surface area contributed by atoms with E-state index in [2.05, 4.69) is 15.3 Å². The summed E-state index contributed by atoms with van der Waals surface area (Å²) in [4.78, 5) is 0. The predicted molar refractivity (Wildman–Crippen MR) is 77.0 cm³/mol. The Morgan fingerprint density at radius 2 is 1.90 bits per heavy atom. The minimum atomic E-state index is 0.0557. The molecule has 102 valence electrons. The van der Waals surface area contributed by atoms with E-state index in [0.29, 0.717) is 22.4 Å². The molecule has 0 radical (unpaired) electrons. The van der Waals surface area contributed by atoms with Gasteiger partial charge in [0.15, 0.2) is 11.5 Å². The van der Waals surface area contributed by atoms with Gasteiger partial charge in [-0.25, -0.2) is 0 Å². The molecule has 20 heavy (non-hydrogen) atoms. The van der Waals surface area contributed by atoms with E-state index in [0.717, 1.165) is 5.56 Å². The summed E-state index contributed by atoms with van der Waals surface area (Å²) in [5, 5.41) is 13.3. The van der Waals surface area contributed by atoms with Crippen molar-refractivity contribution in [2.45, 2.75) is 20.0 Å². The van der Waals surface area contributed by atoms with Crippen molar-refractivity contribution in [3.63, 3.8) is 0 Å². The Balaban J connectivity index is 2.14. The predicted octanol–water partition coefficient (Wildman–Crippen LogP) is 3.23. The normalized spacial score (nSPS) is 11.2. The first-order chi connectivity index (χ1) is 9.65. The Kier molecular flexibility index (Phi) is 3.28. The van der Waals surface area contributed by atoms with Gasteiger partial charge in [0.1, 0.15) is 0 Å². The van der Waals surface area contributed by atoms with E-state index < -0.39 is 0 Å². The maximum Gasteiger partial charge on any atom is 0.232 e. The monoisotopic (exact) mass is 288 g/mol. The second kappa shape index (κ2) is 5.09. The molecule has 0 aliphatic heterocycles. The third-order valence-electron chi connectivity index (χ3n) is 2.71.